The van der Waals surface area contributed by atoms with E-state index < -0.39 is 0 Å². The van der Waals surface area contributed by atoms with Crippen molar-refractivity contribution in [3.8, 4) is 0 Å². The summed E-state index contributed by atoms with van der Waals surface area (Å²) < 4.78 is 9.87. The number of hydrogen-bond donors (Lipinski definition) is 1. The minimum atomic E-state index is 0.188. The second-order valence-electron chi connectivity index (χ2n) is 2.55. The Balaban J connectivity index is 3.40. The Morgan fingerprint density at radius 1 is 1.00 bits per heavy atom. The molecule has 0 unspecified atom stereocenters. The lowest BCUT2D eigenvalue weighted by atomic mass is 10.4. The first kappa shape index (κ1) is 11.8. The molecule has 74 valence electrons. The van der Waals surface area contributed by atoms with E-state index in [4.69, 9.17) is 14.6 Å². The van der Waals surface area contributed by atoms with Crippen LogP contribution in [0.1, 0.15) is 0 Å². The van der Waals surface area contributed by atoms with E-state index in [1.54, 1.807) is 14.2 Å². The van der Waals surface area contributed by atoms with Gasteiger partial charge in [-0.3, -0.25) is 4.90 Å². The van der Waals surface area contributed by atoms with Crippen LogP contribution in [0.25, 0.3) is 0 Å². The van der Waals surface area contributed by atoms with Crippen molar-refractivity contribution in [3.05, 3.63) is 0 Å². The standard InChI is InChI=1S/C8H19NO3/c1-11-7-4-9(3-6-10)5-8-12-2/h10H,3-8H2,1-2H3. The van der Waals surface area contributed by atoms with Crippen molar-refractivity contribution in [2.45, 2.75) is 0 Å². The third-order valence-electron chi connectivity index (χ3n) is 1.64. The van der Waals surface area contributed by atoms with Gasteiger partial charge in [0.15, 0.2) is 0 Å². The van der Waals surface area contributed by atoms with Gasteiger partial charge in [-0.25, -0.2) is 0 Å². The Morgan fingerprint density at radius 3 is 1.83 bits per heavy atom. The molecule has 12 heavy (non-hydrogen) atoms. The summed E-state index contributed by atoms with van der Waals surface area (Å²) in [5.41, 5.74) is 0. The van der Waals surface area contributed by atoms with Gasteiger partial charge in [0, 0.05) is 33.9 Å². The predicted molar refractivity (Wildman–Crippen MR) is 47.3 cm³/mol. The molecule has 0 fully saturated rings. The van der Waals surface area contributed by atoms with Crippen molar-refractivity contribution in [1.82, 2.24) is 4.90 Å². The quantitative estimate of drug-likeness (QED) is 0.546. The molecule has 0 spiro atoms. The third-order valence-corrected chi connectivity index (χ3v) is 1.64. The van der Waals surface area contributed by atoms with Gasteiger partial charge in [-0.05, 0) is 0 Å². The SMILES string of the molecule is COCCN(CCO)CCOC. The van der Waals surface area contributed by atoms with Crippen LogP contribution in [-0.4, -0.2) is 63.7 Å². The predicted octanol–water partition coefficient (Wildman–Crippen LogP) is -0.426. The fourth-order valence-corrected chi connectivity index (χ4v) is 0.918. The van der Waals surface area contributed by atoms with Crippen LogP contribution in [0.2, 0.25) is 0 Å². The van der Waals surface area contributed by atoms with Gasteiger partial charge in [0.05, 0.1) is 19.8 Å². The average molecular weight is 177 g/mol. The Labute approximate surface area is 74.1 Å². The van der Waals surface area contributed by atoms with Crippen LogP contribution in [0, 0.1) is 0 Å². The van der Waals surface area contributed by atoms with Crippen LogP contribution in [0.5, 0.6) is 0 Å². The van der Waals surface area contributed by atoms with Gasteiger partial charge in [0.2, 0.25) is 0 Å². The van der Waals surface area contributed by atoms with Gasteiger partial charge in [-0.1, -0.05) is 0 Å². The lowest BCUT2D eigenvalue weighted by Crippen LogP contribution is -2.33. The van der Waals surface area contributed by atoms with Crippen molar-refractivity contribution in [2.24, 2.45) is 0 Å². The number of rotatable bonds is 8. The normalized spacial score (nSPS) is 11.0. The van der Waals surface area contributed by atoms with Crippen molar-refractivity contribution < 1.29 is 14.6 Å². The molecule has 0 amide bonds. The monoisotopic (exact) mass is 177 g/mol. The molecular formula is C8H19NO3. The topological polar surface area (TPSA) is 41.9 Å². The highest BCUT2D eigenvalue weighted by Gasteiger charge is 2.02. The zero-order valence-corrected chi connectivity index (χ0v) is 7.95. The Morgan fingerprint density at radius 2 is 1.50 bits per heavy atom. The van der Waals surface area contributed by atoms with Crippen molar-refractivity contribution in [1.29, 1.82) is 0 Å². The van der Waals surface area contributed by atoms with E-state index in [1.807, 2.05) is 0 Å². The fraction of sp³-hybridized carbons (Fsp3) is 1.00. The number of methoxy groups -OCH3 is 2. The highest BCUT2D eigenvalue weighted by atomic mass is 16.5. The summed E-state index contributed by atoms with van der Waals surface area (Å²) in [4.78, 5) is 2.10. The van der Waals surface area contributed by atoms with E-state index >= 15 is 0 Å². The summed E-state index contributed by atoms with van der Waals surface area (Å²) in [7, 11) is 3.35. The Bertz CT molecular complexity index is 82.4. The molecular weight excluding hydrogens is 158 g/mol. The minimum Gasteiger partial charge on any atom is -0.395 e. The maximum atomic E-state index is 8.71. The highest BCUT2D eigenvalue weighted by Crippen LogP contribution is 1.87. The first-order valence-corrected chi connectivity index (χ1v) is 4.16. The second kappa shape index (κ2) is 8.93. The van der Waals surface area contributed by atoms with Gasteiger partial charge >= 0.3 is 0 Å². The maximum Gasteiger partial charge on any atom is 0.0589 e. The molecule has 0 aromatic rings. The van der Waals surface area contributed by atoms with Crippen LogP contribution in [0.4, 0.5) is 0 Å². The van der Waals surface area contributed by atoms with Crippen LogP contribution < -0.4 is 0 Å². The smallest absolute Gasteiger partial charge is 0.0589 e. The van der Waals surface area contributed by atoms with E-state index in [0.717, 1.165) is 13.1 Å². The molecule has 0 aromatic carbocycles. The molecule has 0 bridgehead atoms. The zero-order valence-electron chi connectivity index (χ0n) is 7.95. The summed E-state index contributed by atoms with van der Waals surface area (Å²) in [5, 5.41) is 8.71. The fourth-order valence-electron chi connectivity index (χ4n) is 0.918. The second-order valence-corrected chi connectivity index (χ2v) is 2.55. The molecule has 0 saturated heterocycles. The summed E-state index contributed by atoms with van der Waals surface area (Å²) in [6.07, 6.45) is 0. The number of aliphatic hydroxyl groups excluding tert-OH is 1. The van der Waals surface area contributed by atoms with Crippen LogP contribution in [-0.2, 0) is 9.47 Å². The first-order chi connectivity index (χ1) is 5.85. The van der Waals surface area contributed by atoms with E-state index in [9.17, 15) is 0 Å². The lowest BCUT2D eigenvalue weighted by molar-refractivity contribution is 0.101. The van der Waals surface area contributed by atoms with Crippen LogP contribution in [0.3, 0.4) is 0 Å². The minimum absolute atomic E-state index is 0.188. The zero-order chi connectivity index (χ0) is 9.23. The molecule has 0 radical (unpaired) electrons. The largest absolute Gasteiger partial charge is 0.395 e. The van der Waals surface area contributed by atoms with E-state index in [1.165, 1.54) is 0 Å². The lowest BCUT2D eigenvalue weighted by Gasteiger charge is -2.19. The molecule has 0 rings (SSSR count). The van der Waals surface area contributed by atoms with Crippen molar-refractivity contribution in [2.75, 3.05) is 53.7 Å². The summed E-state index contributed by atoms with van der Waals surface area (Å²) in [6.45, 7) is 3.97. The Kier molecular flexibility index (Phi) is 8.81. The number of hydrogen-bond acceptors (Lipinski definition) is 4. The molecule has 0 aliphatic heterocycles. The van der Waals surface area contributed by atoms with Crippen molar-refractivity contribution in [3.63, 3.8) is 0 Å². The molecule has 0 aliphatic rings. The number of aliphatic hydroxyl groups is 1. The van der Waals surface area contributed by atoms with Gasteiger partial charge < -0.3 is 14.6 Å². The summed E-state index contributed by atoms with van der Waals surface area (Å²) in [5.74, 6) is 0. The molecule has 0 heterocycles. The molecule has 4 nitrogen and oxygen atoms in total. The van der Waals surface area contributed by atoms with Gasteiger partial charge in [-0.2, -0.15) is 0 Å². The van der Waals surface area contributed by atoms with E-state index in [0.29, 0.717) is 19.8 Å². The molecule has 0 saturated carbocycles. The van der Waals surface area contributed by atoms with E-state index in [2.05, 4.69) is 4.90 Å². The molecule has 0 aromatic heterocycles. The highest BCUT2D eigenvalue weighted by molar-refractivity contribution is 4.55. The molecule has 4 heteroatoms. The average Bonchev–Trinajstić information content (AvgIpc) is 2.10. The Hall–Kier alpha value is -0.160. The molecule has 0 aliphatic carbocycles. The molecule has 0 atom stereocenters. The van der Waals surface area contributed by atoms with Gasteiger partial charge in [0.25, 0.3) is 0 Å². The summed E-state index contributed by atoms with van der Waals surface area (Å²) in [6, 6.07) is 0. The van der Waals surface area contributed by atoms with Crippen LogP contribution >= 0.6 is 0 Å². The maximum absolute atomic E-state index is 8.71. The van der Waals surface area contributed by atoms with Gasteiger partial charge in [0.1, 0.15) is 0 Å². The van der Waals surface area contributed by atoms with Gasteiger partial charge in [-0.15, -0.1) is 0 Å². The number of ether oxygens (including phenoxy) is 2. The summed E-state index contributed by atoms with van der Waals surface area (Å²) >= 11 is 0. The first-order valence-electron chi connectivity index (χ1n) is 4.16. The van der Waals surface area contributed by atoms with E-state index in [-0.39, 0.29) is 6.61 Å². The molecule has 1 N–H and O–H groups in total. The van der Waals surface area contributed by atoms with Crippen LogP contribution in [0.15, 0.2) is 0 Å². The van der Waals surface area contributed by atoms with Crippen molar-refractivity contribution >= 4 is 0 Å². The number of nitrogens with zero attached hydrogens (tertiary/aromatic N) is 1. The third kappa shape index (κ3) is 6.54.